The first-order chi connectivity index (χ1) is 9.32. The molecule has 0 radical (unpaired) electrons. The van der Waals surface area contributed by atoms with Gasteiger partial charge in [0.1, 0.15) is 0 Å². The van der Waals surface area contributed by atoms with Crippen LogP contribution in [0, 0.1) is 5.92 Å². The molecule has 1 heteroatoms. The Hall–Kier alpha value is -0.820. The van der Waals surface area contributed by atoms with Gasteiger partial charge < -0.3 is 5.32 Å². The van der Waals surface area contributed by atoms with E-state index in [1.54, 1.807) is 0 Å². The summed E-state index contributed by atoms with van der Waals surface area (Å²) in [5, 5.41) is 3.62. The van der Waals surface area contributed by atoms with Crippen LogP contribution in [0.15, 0.2) is 24.3 Å². The summed E-state index contributed by atoms with van der Waals surface area (Å²) in [7, 11) is 0. The van der Waals surface area contributed by atoms with Crippen LogP contribution >= 0.6 is 0 Å². The smallest absolute Gasteiger partial charge is 0.00725 e. The van der Waals surface area contributed by atoms with Crippen LogP contribution in [0.2, 0.25) is 0 Å². The Morgan fingerprint density at radius 3 is 2.10 bits per heavy atom. The molecule has 0 saturated heterocycles. The fourth-order valence-electron chi connectivity index (χ4n) is 2.67. The lowest BCUT2D eigenvalue weighted by Crippen LogP contribution is -2.30. The van der Waals surface area contributed by atoms with Crippen molar-refractivity contribution >= 4 is 0 Å². The minimum Gasteiger partial charge on any atom is -0.314 e. The predicted octanol–water partition coefficient (Wildman–Crippen LogP) is 4.94. The average molecular weight is 275 g/mol. The lowest BCUT2D eigenvalue weighted by molar-refractivity contribution is 0.405. The second-order valence-corrected chi connectivity index (χ2v) is 7.37. The summed E-state index contributed by atoms with van der Waals surface area (Å²) < 4.78 is 0. The van der Waals surface area contributed by atoms with Gasteiger partial charge in [-0.2, -0.15) is 0 Å². The Balaban J connectivity index is 2.55. The van der Waals surface area contributed by atoms with Crippen LogP contribution in [0.3, 0.4) is 0 Å². The molecule has 0 heterocycles. The highest BCUT2D eigenvalue weighted by Crippen LogP contribution is 2.22. The lowest BCUT2D eigenvalue weighted by Gasteiger charge is -2.21. The summed E-state index contributed by atoms with van der Waals surface area (Å²) in [5.41, 5.74) is 3.14. The Morgan fingerprint density at radius 2 is 1.65 bits per heavy atom. The second-order valence-electron chi connectivity index (χ2n) is 7.37. The van der Waals surface area contributed by atoms with Gasteiger partial charge in [0.05, 0.1) is 0 Å². The van der Waals surface area contributed by atoms with Gasteiger partial charge in [-0.3, -0.25) is 0 Å². The van der Waals surface area contributed by atoms with Gasteiger partial charge in [0, 0.05) is 6.04 Å². The molecule has 1 unspecified atom stereocenters. The summed E-state index contributed by atoms with van der Waals surface area (Å²) >= 11 is 0. The average Bonchev–Trinajstić information content (AvgIpc) is 2.35. The van der Waals surface area contributed by atoms with Gasteiger partial charge in [-0.05, 0) is 48.3 Å². The first-order valence-corrected chi connectivity index (χ1v) is 8.15. The van der Waals surface area contributed by atoms with Crippen molar-refractivity contribution in [2.75, 3.05) is 6.54 Å². The van der Waals surface area contributed by atoms with Crippen molar-refractivity contribution in [1.29, 1.82) is 0 Å². The van der Waals surface area contributed by atoms with Crippen molar-refractivity contribution < 1.29 is 0 Å². The van der Waals surface area contributed by atoms with Crippen molar-refractivity contribution in [3.05, 3.63) is 35.4 Å². The zero-order chi connectivity index (χ0) is 15.2. The van der Waals surface area contributed by atoms with Crippen LogP contribution in [0.1, 0.15) is 65.5 Å². The molecule has 114 valence electrons. The minimum atomic E-state index is 0.252. The van der Waals surface area contributed by atoms with Crippen LogP contribution in [-0.4, -0.2) is 12.6 Å². The lowest BCUT2D eigenvalue weighted by atomic mass is 9.86. The predicted molar refractivity (Wildman–Crippen MR) is 90.4 cm³/mol. The maximum atomic E-state index is 3.62. The fourth-order valence-corrected chi connectivity index (χ4v) is 2.67. The maximum Gasteiger partial charge on any atom is 0.00725 e. The van der Waals surface area contributed by atoms with E-state index in [0.29, 0.717) is 6.04 Å². The molecule has 1 nitrogen and oxygen atoms in total. The third-order valence-corrected chi connectivity index (χ3v) is 3.85. The first kappa shape index (κ1) is 17.2. The number of benzene rings is 1. The Bertz CT molecular complexity index is 370. The van der Waals surface area contributed by atoms with E-state index in [1.807, 2.05) is 0 Å². The molecule has 0 aromatic heterocycles. The van der Waals surface area contributed by atoms with E-state index in [2.05, 4.69) is 71.1 Å². The highest BCUT2D eigenvalue weighted by atomic mass is 14.9. The Labute approximate surface area is 126 Å². The highest BCUT2D eigenvalue weighted by molar-refractivity contribution is 5.27. The maximum absolute atomic E-state index is 3.62. The van der Waals surface area contributed by atoms with Gasteiger partial charge in [-0.15, -0.1) is 0 Å². The Morgan fingerprint density at radius 1 is 1.05 bits per heavy atom. The molecule has 0 aliphatic carbocycles. The van der Waals surface area contributed by atoms with Crippen LogP contribution in [0.4, 0.5) is 0 Å². The van der Waals surface area contributed by atoms with Crippen LogP contribution in [0.5, 0.6) is 0 Å². The molecule has 1 N–H and O–H groups in total. The molecule has 0 bridgehead atoms. The monoisotopic (exact) mass is 275 g/mol. The van der Waals surface area contributed by atoms with Crippen molar-refractivity contribution in [1.82, 2.24) is 5.32 Å². The number of nitrogens with one attached hydrogen (secondary N) is 1. The van der Waals surface area contributed by atoms with Gasteiger partial charge >= 0.3 is 0 Å². The molecule has 0 fully saturated rings. The van der Waals surface area contributed by atoms with Crippen LogP contribution in [-0.2, 0) is 11.8 Å². The van der Waals surface area contributed by atoms with E-state index in [4.69, 9.17) is 0 Å². The standard InChI is InChI=1S/C19H33N/c1-7-20-18(14-15(2)3)13-10-16-8-11-17(12-9-16)19(4,5)6/h8-9,11-12,15,18,20H,7,10,13-14H2,1-6H3. The largest absolute Gasteiger partial charge is 0.314 e. The van der Waals surface area contributed by atoms with Gasteiger partial charge in [-0.1, -0.05) is 65.8 Å². The molecular weight excluding hydrogens is 242 g/mol. The molecular formula is C19H33N. The SMILES string of the molecule is CCNC(CCc1ccc(C(C)(C)C)cc1)CC(C)C. The molecule has 0 saturated carbocycles. The first-order valence-electron chi connectivity index (χ1n) is 8.15. The molecule has 1 aromatic carbocycles. The van der Waals surface area contributed by atoms with E-state index in [0.717, 1.165) is 12.5 Å². The molecule has 20 heavy (non-hydrogen) atoms. The summed E-state index contributed by atoms with van der Waals surface area (Å²) in [5.74, 6) is 0.766. The van der Waals surface area contributed by atoms with Crippen LogP contribution in [0.25, 0.3) is 0 Å². The van der Waals surface area contributed by atoms with Gasteiger partial charge in [0.25, 0.3) is 0 Å². The summed E-state index contributed by atoms with van der Waals surface area (Å²) in [4.78, 5) is 0. The van der Waals surface area contributed by atoms with Gasteiger partial charge in [-0.25, -0.2) is 0 Å². The van der Waals surface area contributed by atoms with Crippen molar-refractivity contribution in [3.8, 4) is 0 Å². The molecule has 0 aliphatic rings. The second kappa shape index (κ2) is 7.83. The number of rotatable bonds is 7. The van der Waals surface area contributed by atoms with Crippen molar-refractivity contribution in [2.45, 2.75) is 72.3 Å². The minimum absolute atomic E-state index is 0.252. The van der Waals surface area contributed by atoms with Gasteiger partial charge in [0.2, 0.25) is 0 Å². The summed E-state index contributed by atoms with van der Waals surface area (Å²) in [6.07, 6.45) is 3.68. The number of hydrogen-bond acceptors (Lipinski definition) is 1. The number of hydrogen-bond donors (Lipinski definition) is 1. The molecule has 0 spiro atoms. The van der Waals surface area contributed by atoms with Crippen LogP contribution < -0.4 is 5.32 Å². The van der Waals surface area contributed by atoms with Crippen molar-refractivity contribution in [2.24, 2.45) is 5.92 Å². The molecule has 1 atom stereocenters. The topological polar surface area (TPSA) is 12.0 Å². The summed E-state index contributed by atoms with van der Waals surface area (Å²) in [6, 6.07) is 9.85. The van der Waals surface area contributed by atoms with Crippen molar-refractivity contribution in [3.63, 3.8) is 0 Å². The van der Waals surface area contributed by atoms with E-state index in [-0.39, 0.29) is 5.41 Å². The quantitative estimate of drug-likeness (QED) is 0.743. The zero-order valence-corrected chi connectivity index (χ0v) is 14.3. The third-order valence-electron chi connectivity index (χ3n) is 3.85. The normalized spacial score (nSPS) is 13.8. The highest BCUT2D eigenvalue weighted by Gasteiger charge is 2.13. The third kappa shape index (κ3) is 6.09. The number of aryl methyl sites for hydroxylation is 1. The molecule has 1 rings (SSSR count). The van der Waals surface area contributed by atoms with E-state index >= 15 is 0 Å². The van der Waals surface area contributed by atoms with E-state index in [9.17, 15) is 0 Å². The zero-order valence-electron chi connectivity index (χ0n) is 14.3. The Kier molecular flexibility index (Phi) is 6.75. The summed E-state index contributed by atoms with van der Waals surface area (Å²) in [6.45, 7) is 14.7. The fraction of sp³-hybridized carbons (Fsp3) is 0.684. The molecule has 0 aliphatic heterocycles. The van der Waals surface area contributed by atoms with E-state index in [1.165, 1.54) is 30.4 Å². The van der Waals surface area contributed by atoms with Gasteiger partial charge in [0.15, 0.2) is 0 Å². The van der Waals surface area contributed by atoms with E-state index < -0.39 is 0 Å². The molecule has 0 amide bonds. The molecule has 1 aromatic rings.